The van der Waals surface area contributed by atoms with E-state index in [4.69, 9.17) is 21.1 Å². The molecule has 4 nitrogen and oxygen atoms in total. The number of halogens is 1. The molecule has 2 aromatic rings. The molecule has 0 fully saturated rings. The van der Waals surface area contributed by atoms with Crippen molar-refractivity contribution >= 4 is 17.5 Å². The summed E-state index contributed by atoms with van der Waals surface area (Å²) in [5.74, 6) is 1.14. The van der Waals surface area contributed by atoms with Crippen LogP contribution in [0.2, 0.25) is 5.02 Å². The Labute approximate surface area is 147 Å². The molecule has 0 saturated heterocycles. The third kappa shape index (κ3) is 5.17. The van der Waals surface area contributed by atoms with E-state index in [1.165, 1.54) is 0 Å². The van der Waals surface area contributed by atoms with Crippen molar-refractivity contribution in [2.45, 2.75) is 32.9 Å². The topological polar surface area (TPSA) is 47.6 Å². The van der Waals surface area contributed by atoms with E-state index in [2.05, 4.69) is 5.32 Å². The fourth-order valence-electron chi connectivity index (χ4n) is 2.23. The van der Waals surface area contributed by atoms with Crippen LogP contribution in [0.3, 0.4) is 0 Å². The molecule has 0 bridgehead atoms. The van der Waals surface area contributed by atoms with Crippen LogP contribution in [-0.4, -0.2) is 18.6 Å². The van der Waals surface area contributed by atoms with Crippen LogP contribution in [0.4, 0.5) is 0 Å². The molecule has 1 N–H and O–H groups in total. The molecule has 0 aromatic heterocycles. The quantitative estimate of drug-likeness (QED) is 0.778. The molecule has 1 atom stereocenters. The molecular weight excluding hydrogens is 326 g/mol. The second-order valence-corrected chi connectivity index (χ2v) is 5.65. The number of ether oxygens (including phenoxy) is 2. The first-order chi connectivity index (χ1) is 11.6. The lowest BCUT2D eigenvalue weighted by molar-refractivity contribution is -0.128. The predicted molar refractivity (Wildman–Crippen MR) is 95.6 cm³/mol. The van der Waals surface area contributed by atoms with Crippen LogP contribution in [0.5, 0.6) is 11.5 Å². The molecule has 0 saturated carbocycles. The number of para-hydroxylation sites is 1. The molecule has 1 amide bonds. The zero-order chi connectivity index (χ0) is 17.4. The van der Waals surface area contributed by atoms with Crippen molar-refractivity contribution in [1.82, 2.24) is 5.32 Å². The normalized spacial score (nSPS) is 11.6. The Balaban J connectivity index is 1.94. The van der Waals surface area contributed by atoms with Gasteiger partial charge < -0.3 is 14.8 Å². The van der Waals surface area contributed by atoms with Crippen molar-refractivity contribution in [2.24, 2.45) is 0 Å². The zero-order valence-corrected chi connectivity index (χ0v) is 14.7. The minimum atomic E-state index is -0.583. The highest BCUT2D eigenvalue weighted by atomic mass is 35.5. The number of carbonyl (C=O) groups is 1. The fourth-order valence-corrected chi connectivity index (χ4v) is 2.41. The van der Waals surface area contributed by atoms with Gasteiger partial charge in [-0.3, -0.25) is 4.79 Å². The Kier molecular flexibility index (Phi) is 6.94. The first-order valence-corrected chi connectivity index (χ1v) is 8.42. The number of rotatable bonds is 8. The maximum Gasteiger partial charge on any atom is 0.261 e. The first kappa shape index (κ1) is 18.1. The molecule has 2 rings (SSSR count). The Bertz CT molecular complexity index is 675. The van der Waals surface area contributed by atoms with E-state index >= 15 is 0 Å². The SMILES string of the molecule is CCOc1cccc(CNC(=O)C(CC)Oc2ccccc2Cl)c1. The van der Waals surface area contributed by atoms with Crippen LogP contribution in [0, 0.1) is 0 Å². The lowest BCUT2D eigenvalue weighted by Crippen LogP contribution is -2.37. The van der Waals surface area contributed by atoms with Crippen LogP contribution >= 0.6 is 11.6 Å². The van der Waals surface area contributed by atoms with Gasteiger partial charge in [-0.05, 0) is 43.2 Å². The van der Waals surface area contributed by atoms with Gasteiger partial charge in [0.2, 0.25) is 0 Å². The molecule has 1 unspecified atom stereocenters. The average Bonchev–Trinajstić information content (AvgIpc) is 2.59. The predicted octanol–water partition coefficient (Wildman–Crippen LogP) is 4.21. The standard InChI is InChI=1S/C19H22ClNO3/c1-3-17(24-18-11-6-5-10-16(18)20)19(22)21-13-14-8-7-9-15(12-14)23-4-2/h5-12,17H,3-4,13H2,1-2H3,(H,21,22). The minimum Gasteiger partial charge on any atom is -0.494 e. The van der Waals surface area contributed by atoms with Crippen molar-refractivity contribution in [3.8, 4) is 11.5 Å². The highest BCUT2D eigenvalue weighted by Gasteiger charge is 2.19. The number of hydrogen-bond donors (Lipinski definition) is 1. The average molecular weight is 348 g/mol. The lowest BCUT2D eigenvalue weighted by atomic mass is 10.2. The van der Waals surface area contributed by atoms with Crippen molar-refractivity contribution in [1.29, 1.82) is 0 Å². The third-order valence-corrected chi connectivity index (χ3v) is 3.76. The maximum atomic E-state index is 12.4. The van der Waals surface area contributed by atoms with E-state index in [1.807, 2.05) is 50.2 Å². The Morgan fingerprint density at radius 2 is 1.96 bits per heavy atom. The van der Waals surface area contributed by atoms with Crippen LogP contribution in [-0.2, 0) is 11.3 Å². The molecule has 2 aromatic carbocycles. The van der Waals surface area contributed by atoms with Crippen LogP contribution in [0.15, 0.2) is 48.5 Å². The molecule has 0 aliphatic carbocycles. The van der Waals surface area contributed by atoms with Gasteiger partial charge in [0.1, 0.15) is 11.5 Å². The summed E-state index contributed by atoms with van der Waals surface area (Å²) >= 11 is 6.08. The van der Waals surface area contributed by atoms with E-state index in [0.29, 0.717) is 30.3 Å². The summed E-state index contributed by atoms with van der Waals surface area (Å²) < 4.78 is 11.2. The van der Waals surface area contributed by atoms with Crippen molar-refractivity contribution in [2.75, 3.05) is 6.61 Å². The molecular formula is C19H22ClNO3. The summed E-state index contributed by atoms with van der Waals surface area (Å²) in [6.45, 7) is 4.87. The van der Waals surface area contributed by atoms with Crippen LogP contribution in [0.25, 0.3) is 0 Å². The number of benzene rings is 2. The number of hydrogen-bond acceptors (Lipinski definition) is 3. The van der Waals surface area contributed by atoms with Gasteiger partial charge in [0, 0.05) is 6.54 Å². The van der Waals surface area contributed by atoms with E-state index in [9.17, 15) is 4.79 Å². The molecule has 0 aliphatic rings. The smallest absolute Gasteiger partial charge is 0.261 e. The summed E-state index contributed by atoms with van der Waals surface area (Å²) in [6, 6.07) is 14.8. The number of amides is 1. The Morgan fingerprint density at radius 3 is 2.67 bits per heavy atom. The van der Waals surface area contributed by atoms with Gasteiger partial charge in [0.05, 0.1) is 11.6 Å². The Morgan fingerprint density at radius 1 is 1.17 bits per heavy atom. The highest BCUT2D eigenvalue weighted by molar-refractivity contribution is 6.32. The largest absolute Gasteiger partial charge is 0.494 e. The second-order valence-electron chi connectivity index (χ2n) is 5.24. The van der Waals surface area contributed by atoms with Gasteiger partial charge in [0.25, 0.3) is 5.91 Å². The fraction of sp³-hybridized carbons (Fsp3) is 0.316. The number of carbonyl (C=O) groups excluding carboxylic acids is 1. The molecule has 0 radical (unpaired) electrons. The summed E-state index contributed by atoms with van der Waals surface area (Å²) in [6.07, 6.45) is -0.0317. The summed E-state index contributed by atoms with van der Waals surface area (Å²) in [5, 5.41) is 3.39. The number of nitrogens with one attached hydrogen (secondary N) is 1. The molecule has 0 spiro atoms. The second kappa shape index (κ2) is 9.18. The van der Waals surface area contributed by atoms with E-state index in [1.54, 1.807) is 12.1 Å². The van der Waals surface area contributed by atoms with Crippen molar-refractivity contribution in [3.05, 3.63) is 59.1 Å². The van der Waals surface area contributed by atoms with Gasteiger partial charge >= 0.3 is 0 Å². The highest BCUT2D eigenvalue weighted by Crippen LogP contribution is 2.24. The molecule has 128 valence electrons. The van der Waals surface area contributed by atoms with E-state index < -0.39 is 6.10 Å². The molecule has 5 heteroatoms. The van der Waals surface area contributed by atoms with Gasteiger partial charge in [-0.15, -0.1) is 0 Å². The summed E-state index contributed by atoms with van der Waals surface area (Å²) in [7, 11) is 0. The summed E-state index contributed by atoms with van der Waals surface area (Å²) in [4.78, 5) is 12.4. The minimum absolute atomic E-state index is 0.167. The van der Waals surface area contributed by atoms with Gasteiger partial charge in [-0.2, -0.15) is 0 Å². The molecule has 0 aliphatic heterocycles. The van der Waals surface area contributed by atoms with Crippen molar-refractivity contribution in [3.63, 3.8) is 0 Å². The lowest BCUT2D eigenvalue weighted by Gasteiger charge is -2.18. The Hall–Kier alpha value is -2.20. The maximum absolute atomic E-state index is 12.4. The monoisotopic (exact) mass is 347 g/mol. The van der Waals surface area contributed by atoms with Crippen LogP contribution in [0.1, 0.15) is 25.8 Å². The molecule has 0 heterocycles. The van der Waals surface area contributed by atoms with E-state index in [-0.39, 0.29) is 5.91 Å². The van der Waals surface area contributed by atoms with Crippen molar-refractivity contribution < 1.29 is 14.3 Å². The van der Waals surface area contributed by atoms with Crippen LogP contribution < -0.4 is 14.8 Å². The zero-order valence-electron chi connectivity index (χ0n) is 13.9. The van der Waals surface area contributed by atoms with E-state index in [0.717, 1.165) is 11.3 Å². The third-order valence-electron chi connectivity index (χ3n) is 3.45. The van der Waals surface area contributed by atoms with Gasteiger partial charge in [-0.25, -0.2) is 0 Å². The van der Waals surface area contributed by atoms with Gasteiger partial charge in [0.15, 0.2) is 6.10 Å². The summed E-state index contributed by atoms with van der Waals surface area (Å²) in [5.41, 5.74) is 0.974. The first-order valence-electron chi connectivity index (χ1n) is 8.04. The molecule has 24 heavy (non-hydrogen) atoms. The van der Waals surface area contributed by atoms with Gasteiger partial charge in [-0.1, -0.05) is 42.8 Å².